The molecular formula is C18H20ClN3O2. The van der Waals surface area contributed by atoms with Crippen LogP contribution in [0.25, 0.3) is 0 Å². The molecule has 24 heavy (non-hydrogen) atoms. The van der Waals surface area contributed by atoms with Gasteiger partial charge in [0.2, 0.25) is 5.91 Å². The molecule has 6 heteroatoms. The van der Waals surface area contributed by atoms with Crippen molar-refractivity contribution in [3.05, 3.63) is 59.2 Å². The van der Waals surface area contributed by atoms with Crippen LogP contribution in [-0.2, 0) is 4.79 Å². The van der Waals surface area contributed by atoms with Crippen molar-refractivity contribution in [3.8, 4) is 0 Å². The predicted octanol–water partition coefficient (Wildman–Crippen LogP) is 2.55. The molecule has 0 radical (unpaired) electrons. The fourth-order valence-electron chi connectivity index (χ4n) is 2.94. The largest absolute Gasteiger partial charge is 0.388 e. The molecule has 1 aromatic heterocycles. The molecule has 1 aliphatic heterocycles. The lowest BCUT2D eigenvalue weighted by atomic mass is 10.1. The van der Waals surface area contributed by atoms with Gasteiger partial charge in [-0.05, 0) is 24.1 Å². The lowest BCUT2D eigenvalue weighted by molar-refractivity contribution is -0.123. The summed E-state index contributed by atoms with van der Waals surface area (Å²) in [6.07, 6.45) is 1.82. The molecule has 2 heterocycles. The van der Waals surface area contributed by atoms with Crippen LogP contribution in [0.4, 0.5) is 5.82 Å². The van der Waals surface area contributed by atoms with E-state index < -0.39 is 6.10 Å². The molecule has 1 saturated heterocycles. The number of nitrogens with zero attached hydrogens (tertiary/aromatic N) is 2. The number of hydrogen-bond donors (Lipinski definition) is 2. The fourth-order valence-corrected chi connectivity index (χ4v) is 3.18. The van der Waals surface area contributed by atoms with Gasteiger partial charge in [0.1, 0.15) is 5.82 Å². The Bertz CT molecular complexity index is 696. The van der Waals surface area contributed by atoms with Crippen LogP contribution in [-0.4, -0.2) is 35.1 Å². The first kappa shape index (κ1) is 16.7. The van der Waals surface area contributed by atoms with Gasteiger partial charge in [-0.2, -0.15) is 0 Å². The summed E-state index contributed by atoms with van der Waals surface area (Å²) < 4.78 is 0. The Balaban J connectivity index is 1.52. The fraction of sp³-hybridized carbons (Fsp3) is 0.333. The molecule has 2 unspecified atom stereocenters. The standard InChI is InChI=1S/C18H20ClN3O2/c19-15-7-4-9-20-18(15)22-10-8-14(12-22)21-17(24)11-16(23)13-5-2-1-3-6-13/h1-7,9,14,16,23H,8,10-12H2,(H,21,24). The Morgan fingerprint density at radius 2 is 2.12 bits per heavy atom. The van der Waals surface area contributed by atoms with Crippen LogP contribution >= 0.6 is 11.6 Å². The van der Waals surface area contributed by atoms with Gasteiger partial charge in [-0.15, -0.1) is 0 Å². The summed E-state index contributed by atoms with van der Waals surface area (Å²) >= 11 is 6.17. The van der Waals surface area contributed by atoms with Crippen LogP contribution in [0.15, 0.2) is 48.7 Å². The van der Waals surface area contributed by atoms with Crippen molar-refractivity contribution >= 4 is 23.3 Å². The molecule has 126 valence electrons. The van der Waals surface area contributed by atoms with Crippen molar-refractivity contribution < 1.29 is 9.90 Å². The number of nitrogens with one attached hydrogen (secondary N) is 1. The Hall–Kier alpha value is -2.11. The topological polar surface area (TPSA) is 65.5 Å². The van der Waals surface area contributed by atoms with Gasteiger partial charge in [0.15, 0.2) is 0 Å². The van der Waals surface area contributed by atoms with E-state index in [1.807, 2.05) is 36.4 Å². The van der Waals surface area contributed by atoms with E-state index in [0.29, 0.717) is 11.6 Å². The highest BCUT2D eigenvalue weighted by molar-refractivity contribution is 6.32. The molecule has 0 aliphatic carbocycles. The second-order valence-corrected chi connectivity index (χ2v) is 6.35. The highest BCUT2D eigenvalue weighted by atomic mass is 35.5. The van der Waals surface area contributed by atoms with Crippen LogP contribution in [0.5, 0.6) is 0 Å². The average Bonchev–Trinajstić information content (AvgIpc) is 3.04. The SMILES string of the molecule is O=C(CC(O)c1ccccc1)NC1CCN(c2ncccc2Cl)C1. The summed E-state index contributed by atoms with van der Waals surface area (Å²) in [7, 11) is 0. The van der Waals surface area contributed by atoms with Crippen molar-refractivity contribution in [2.75, 3.05) is 18.0 Å². The number of amides is 1. The molecule has 0 spiro atoms. The molecule has 1 amide bonds. The van der Waals surface area contributed by atoms with E-state index in [-0.39, 0.29) is 18.4 Å². The number of aliphatic hydroxyl groups is 1. The number of carbonyl (C=O) groups excluding carboxylic acids is 1. The maximum atomic E-state index is 12.2. The normalized spacial score (nSPS) is 18.4. The van der Waals surface area contributed by atoms with Gasteiger partial charge in [0, 0.05) is 25.3 Å². The summed E-state index contributed by atoms with van der Waals surface area (Å²) in [5, 5.41) is 13.7. The second kappa shape index (κ2) is 7.64. The number of aromatic nitrogens is 1. The summed E-state index contributed by atoms with van der Waals surface area (Å²) in [4.78, 5) is 18.5. The zero-order valence-electron chi connectivity index (χ0n) is 13.2. The van der Waals surface area contributed by atoms with Gasteiger partial charge >= 0.3 is 0 Å². The van der Waals surface area contributed by atoms with Gasteiger partial charge in [0.05, 0.1) is 17.5 Å². The number of anilines is 1. The third-order valence-corrected chi connectivity index (χ3v) is 4.45. The average molecular weight is 346 g/mol. The quantitative estimate of drug-likeness (QED) is 0.874. The molecule has 0 bridgehead atoms. The van der Waals surface area contributed by atoms with Crippen LogP contribution < -0.4 is 10.2 Å². The van der Waals surface area contributed by atoms with Crippen molar-refractivity contribution in [1.29, 1.82) is 0 Å². The maximum Gasteiger partial charge on any atom is 0.223 e. The molecule has 1 aliphatic rings. The number of carbonyl (C=O) groups is 1. The molecule has 1 fully saturated rings. The zero-order valence-corrected chi connectivity index (χ0v) is 14.0. The van der Waals surface area contributed by atoms with Gasteiger partial charge in [-0.3, -0.25) is 4.79 Å². The van der Waals surface area contributed by atoms with Crippen molar-refractivity contribution in [2.24, 2.45) is 0 Å². The minimum atomic E-state index is -0.783. The number of pyridine rings is 1. The molecule has 5 nitrogen and oxygen atoms in total. The van der Waals surface area contributed by atoms with Gasteiger partial charge in [0.25, 0.3) is 0 Å². The van der Waals surface area contributed by atoms with E-state index >= 15 is 0 Å². The monoisotopic (exact) mass is 345 g/mol. The van der Waals surface area contributed by atoms with Crippen molar-refractivity contribution in [3.63, 3.8) is 0 Å². The summed E-state index contributed by atoms with van der Waals surface area (Å²) in [6.45, 7) is 1.47. The highest BCUT2D eigenvalue weighted by Gasteiger charge is 2.26. The van der Waals surface area contributed by atoms with Gasteiger partial charge in [-0.1, -0.05) is 41.9 Å². The van der Waals surface area contributed by atoms with Crippen LogP contribution in [0.2, 0.25) is 5.02 Å². The highest BCUT2D eigenvalue weighted by Crippen LogP contribution is 2.26. The Kier molecular flexibility index (Phi) is 5.33. The Labute approximate surface area is 146 Å². The molecule has 2 N–H and O–H groups in total. The number of rotatable bonds is 5. The third-order valence-electron chi connectivity index (χ3n) is 4.16. The maximum absolute atomic E-state index is 12.2. The summed E-state index contributed by atoms with van der Waals surface area (Å²) in [6, 6.07) is 12.9. The number of halogens is 1. The Morgan fingerprint density at radius 1 is 1.33 bits per heavy atom. The van der Waals surface area contributed by atoms with Crippen LogP contribution in [0.1, 0.15) is 24.5 Å². The van der Waals surface area contributed by atoms with E-state index in [2.05, 4.69) is 15.2 Å². The third kappa shape index (κ3) is 4.04. The molecule has 1 aromatic carbocycles. The molecule has 0 saturated carbocycles. The minimum absolute atomic E-state index is 0.0403. The van der Waals surface area contributed by atoms with E-state index in [1.54, 1.807) is 12.3 Å². The summed E-state index contributed by atoms with van der Waals surface area (Å²) in [5.41, 5.74) is 0.751. The molecule has 2 aromatic rings. The van der Waals surface area contributed by atoms with Gasteiger partial charge < -0.3 is 15.3 Å². The van der Waals surface area contributed by atoms with Crippen LogP contribution in [0.3, 0.4) is 0 Å². The van der Waals surface area contributed by atoms with E-state index in [0.717, 1.165) is 24.3 Å². The first-order valence-electron chi connectivity index (χ1n) is 8.01. The number of benzene rings is 1. The zero-order chi connectivity index (χ0) is 16.9. The summed E-state index contributed by atoms with van der Waals surface area (Å²) in [5.74, 6) is 0.602. The lowest BCUT2D eigenvalue weighted by Crippen LogP contribution is -2.37. The molecule has 2 atom stereocenters. The number of aliphatic hydroxyl groups excluding tert-OH is 1. The van der Waals surface area contributed by atoms with E-state index in [1.165, 1.54) is 0 Å². The first-order chi connectivity index (χ1) is 11.6. The predicted molar refractivity (Wildman–Crippen MR) is 94.0 cm³/mol. The van der Waals surface area contributed by atoms with Crippen LogP contribution in [0, 0.1) is 0 Å². The molecule has 3 rings (SSSR count). The van der Waals surface area contributed by atoms with E-state index in [4.69, 9.17) is 11.6 Å². The molecular weight excluding hydrogens is 326 g/mol. The first-order valence-corrected chi connectivity index (χ1v) is 8.39. The van der Waals surface area contributed by atoms with Crippen molar-refractivity contribution in [2.45, 2.75) is 25.0 Å². The van der Waals surface area contributed by atoms with E-state index in [9.17, 15) is 9.90 Å². The van der Waals surface area contributed by atoms with Gasteiger partial charge in [-0.25, -0.2) is 4.98 Å². The minimum Gasteiger partial charge on any atom is -0.388 e. The second-order valence-electron chi connectivity index (χ2n) is 5.94. The smallest absolute Gasteiger partial charge is 0.223 e. The number of hydrogen-bond acceptors (Lipinski definition) is 4. The van der Waals surface area contributed by atoms with Crippen molar-refractivity contribution in [1.82, 2.24) is 10.3 Å². The Morgan fingerprint density at radius 3 is 2.88 bits per heavy atom. The lowest BCUT2D eigenvalue weighted by Gasteiger charge is -2.19.